The molecule has 0 aliphatic carbocycles. The third kappa shape index (κ3) is 7.45. The maximum atomic E-state index is 11.3. The number of rotatable bonds is 2. The SMILES string of the molecule is CC(C)(C)c1ccc(C(=O)O)c([O-])c1.CC(C)(C)c1ccc(C(=O)O)c([O-])c1.[Cr+2]. The molecule has 2 aromatic carbocycles. The Kier molecular flexibility index (Phi) is 8.98. The van der Waals surface area contributed by atoms with Gasteiger partial charge in [0.15, 0.2) is 0 Å². The molecule has 6 nitrogen and oxygen atoms in total. The molecule has 0 saturated carbocycles. The summed E-state index contributed by atoms with van der Waals surface area (Å²) in [4.78, 5) is 21.2. The molecule has 0 unspecified atom stereocenters. The van der Waals surface area contributed by atoms with Gasteiger partial charge in [-0.05, 0) is 34.1 Å². The molecule has 0 aliphatic heterocycles. The third-order valence-corrected chi connectivity index (χ3v) is 4.16. The van der Waals surface area contributed by atoms with Gasteiger partial charge in [0.25, 0.3) is 0 Å². The molecule has 7 heteroatoms. The van der Waals surface area contributed by atoms with E-state index in [1.54, 1.807) is 12.1 Å². The number of aromatic carboxylic acids is 2. The van der Waals surface area contributed by atoms with Crippen LogP contribution < -0.4 is 10.2 Å². The van der Waals surface area contributed by atoms with E-state index in [-0.39, 0.29) is 39.3 Å². The van der Waals surface area contributed by atoms with Crippen molar-refractivity contribution >= 4 is 11.9 Å². The number of carbonyl (C=O) groups is 2. The molecule has 0 aromatic heterocycles. The van der Waals surface area contributed by atoms with Crippen molar-refractivity contribution < 1.29 is 47.4 Å². The van der Waals surface area contributed by atoms with Crippen molar-refractivity contribution in [2.45, 2.75) is 52.4 Å². The zero-order chi connectivity index (χ0) is 21.9. The second-order valence-corrected chi connectivity index (χ2v) is 8.53. The Bertz CT molecular complexity index is 802. The molecule has 0 heterocycles. The zero-order valence-corrected chi connectivity index (χ0v) is 18.7. The topological polar surface area (TPSA) is 121 Å². The van der Waals surface area contributed by atoms with Crippen molar-refractivity contribution in [2.24, 2.45) is 0 Å². The van der Waals surface area contributed by atoms with Crippen LogP contribution in [0.5, 0.6) is 11.5 Å². The van der Waals surface area contributed by atoms with Gasteiger partial charge in [0.1, 0.15) is 0 Å². The van der Waals surface area contributed by atoms with Crippen LogP contribution in [-0.4, -0.2) is 22.2 Å². The van der Waals surface area contributed by atoms with Gasteiger partial charge in [-0.15, -0.1) is 0 Å². The molecule has 2 aromatic rings. The van der Waals surface area contributed by atoms with Crippen LogP contribution >= 0.6 is 0 Å². The first kappa shape index (κ1) is 26.5. The number of hydrogen-bond acceptors (Lipinski definition) is 4. The zero-order valence-electron chi connectivity index (χ0n) is 17.4. The minimum Gasteiger partial charge on any atom is -0.872 e. The van der Waals surface area contributed by atoms with Crippen LogP contribution in [0.15, 0.2) is 36.4 Å². The Hall–Kier alpha value is -2.49. The summed E-state index contributed by atoms with van der Waals surface area (Å²) in [6, 6.07) is 8.89. The van der Waals surface area contributed by atoms with Gasteiger partial charge in [0.05, 0.1) is 11.1 Å². The Balaban J connectivity index is 0.000000523. The first-order valence-corrected chi connectivity index (χ1v) is 8.74. The molecule has 2 N–H and O–H groups in total. The standard InChI is InChI=1S/2C11H14O3.Cr/c2*1-11(2,3)7-4-5-8(10(13)14)9(12)6-7;/h2*4-6,12H,1-3H3,(H,13,14);/q;;+2/p-2. The monoisotopic (exact) mass is 438 g/mol. The van der Waals surface area contributed by atoms with E-state index in [1.165, 1.54) is 24.3 Å². The Morgan fingerprint density at radius 3 is 1.14 bits per heavy atom. The van der Waals surface area contributed by atoms with Gasteiger partial charge >= 0.3 is 29.3 Å². The van der Waals surface area contributed by atoms with Crippen LogP contribution in [0.4, 0.5) is 0 Å². The van der Waals surface area contributed by atoms with E-state index < -0.39 is 23.4 Å². The molecule has 156 valence electrons. The third-order valence-electron chi connectivity index (χ3n) is 4.16. The van der Waals surface area contributed by atoms with Gasteiger partial charge in [-0.3, -0.25) is 0 Å². The summed E-state index contributed by atoms with van der Waals surface area (Å²) in [5.74, 6) is -3.19. The molecule has 0 radical (unpaired) electrons. The van der Waals surface area contributed by atoms with Crippen LogP contribution in [0.1, 0.15) is 73.4 Å². The predicted molar refractivity (Wildman–Crippen MR) is 103 cm³/mol. The van der Waals surface area contributed by atoms with E-state index in [2.05, 4.69) is 0 Å². The number of carboxylic acids is 2. The summed E-state index contributed by atoms with van der Waals surface area (Å²) in [6.07, 6.45) is 0. The van der Waals surface area contributed by atoms with Crippen molar-refractivity contribution in [3.8, 4) is 11.5 Å². The summed E-state index contributed by atoms with van der Waals surface area (Å²) in [7, 11) is 0. The van der Waals surface area contributed by atoms with Gasteiger partial charge < -0.3 is 20.4 Å². The van der Waals surface area contributed by atoms with Crippen LogP contribution in [0.25, 0.3) is 0 Å². The van der Waals surface area contributed by atoms with Crippen molar-refractivity contribution in [1.29, 1.82) is 0 Å². The molecule has 0 saturated heterocycles. The normalized spacial score (nSPS) is 11.0. The largest absolute Gasteiger partial charge is 2.00 e. The number of benzene rings is 2. The first-order chi connectivity index (χ1) is 12.6. The molecule has 0 bridgehead atoms. The molecule has 29 heavy (non-hydrogen) atoms. The Morgan fingerprint density at radius 1 is 0.690 bits per heavy atom. The number of carboxylic acid groups (broad SMARTS) is 2. The maximum Gasteiger partial charge on any atom is 2.00 e. The average Bonchev–Trinajstić information content (AvgIpc) is 2.52. The molecule has 0 atom stereocenters. The molecular weight excluding hydrogens is 412 g/mol. The van der Waals surface area contributed by atoms with E-state index in [0.717, 1.165) is 11.1 Å². The smallest absolute Gasteiger partial charge is 0.872 e. The van der Waals surface area contributed by atoms with Crippen molar-refractivity contribution in [1.82, 2.24) is 0 Å². The summed E-state index contributed by atoms with van der Waals surface area (Å²) in [5, 5.41) is 40.0. The molecule has 2 rings (SSSR count). The molecule has 0 spiro atoms. The van der Waals surface area contributed by atoms with E-state index in [1.807, 2.05) is 41.5 Å². The quantitative estimate of drug-likeness (QED) is 0.740. The Labute approximate surface area is 182 Å². The van der Waals surface area contributed by atoms with E-state index in [9.17, 15) is 19.8 Å². The fourth-order valence-electron chi connectivity index (χ4n) is 2.33. The van der Waals surface area contributed by atoms with Crippen LogP contribution in [0, 0.1) is 0 Å². The maximum absolute atomic E-state index is 11.3. The van der Waals surface area contributed by atoms with E-state index in [0.29, 0.717) is 0 Å². The Morgan fingerprint density at radius 2 is 0.966 bits per heavy atom. The van der Waals surface area contributed by atoms with Crippen LogP contribution in [0.3, 0.4) is 0 Å². The summed E-state index contributed by atoms with van der Waals surface area (Å²) >= 11 is 0. The van der Waals surface area contributed by atoms with Crippen molar-refractivity contribution in [2.75, 3.05) is 0 Å². The summed E-state index contributed by atoms with van der Waals surface area (Å²) < 4.78 is 0. The first-order valence-electron chi connectivity index (χ1n) is 8.74. The summed E-state index contributed by atoms with van der Waals surface area (Å²) in [5.41, 5.74) is 1.11. The van der Waals surface area contributed by atoms with E-state index >= 15 is 0 Å². The van der Waals surface area contributed by atoms with Gasteiger partial charge in [-0.2, -0.15) is 0 Å². The van der Waals surface area contributed by atoms with Crippen LogP contribution in [0.2, 0.25) is 0 Å². The van der Waals surface area contributed by atoms with Gasteiger partial charge in [0.2, 0.25) is 0 Å². The van der Waals surface area contributed by atoms with Gasteiger partial charge in [-0.25, -0.2) is 9.59 Å². The molecule has 0 amide bonds. The second kappa shape index (κ2) is 9.82. The van der Waals surface area contributed by atoms with Crippen LogP contribution in [-0.2, 0) is 28.2 Å². The fraction of sp³-hybridized carbons (Fsp3) is 0.364. The summed E-state index contributed by atoms with van der Waals surface area (Å²) in [6.45, 7) is 11.8. The average molecular weight is 438 g/mol. The van der Waals surface area contributed by atoms with Gasteiger partial charge in [0, 0.05) is 0 Å². The van der Waals surface area contributed by atoms with Crippen molar-refractivity contribution in [3.63, 3.8) is 0 Å². The van der Waals surface area contributed by atoms with Crippen molar-refractivity contribution in [3.05, 3.63) is 58.7 Å². The van der Waals surface area contributed by atoms with E-state index in [4.69, 9.17) is 10.2 Å². The minimum absolute atomic E-state index is 0. The predicted octanol–water partition coefficient (Wildman–Crippen LogP) is 3.51. The molecule has 0 aliphatic rings. The second-order valence-electron chi connectivity index (χ2n) is 8.53. The van der Waals surface area contributed by atoms with Gasteiger partial charge in [-0.1, -0.05) is 77.3 Å². The number of hydrogen-bond donors (Lipinski definition) is 2. The molecule has 0 fully saturated rings. The minimum atomic E-state index is -1.17. The fourth-order valence-corrected chi connectivity index (χ4v) is 2.33. The molecular formula is C22H26CrO6.